The summed E-state index contributed by atoms with van der Waals surface area (Å²) in [5, 5.41) is 0. The first kappa shape index (κ1) is 14.6. The van der Waals surface area contributed by atoms with E-state index in [1.165, 1.54) is 50.5 Å². The summed E-state index contributed by atoms with van der Waals surface area (Å²) in [6.45, 7) is 4.82. The molecule has 1 aliphatic carbocycles. The normalized spacial score (nSPS) is 24.1. The van der Waals surface area contributed by atoms with Gasteiger partial charge in [-0.15, -0.1) is 0 Å². The first-order valence-corrected chi connectivity index (χ1v) is 7.89. The maximum absolute atomic E-state index is 6.49. The summed E-state index contributed by atoms with van der Waals surface area (Å²) in [5.41, 5.74) is 8.38. The second-order valence-corrected chi connectivity index (χ2v) is 6.88. The van der Waals surface area contributed by atoms with Crippen molar-refractivity contribution in [2.45, 2.75) is 64.8 Å². The van der Waals surface area contributed by atoms with E-state index in [9.17, 15) is 0 Å². The molecule has 0 amide bonds. The van der Waals surface area contributed by atoms with E-state index in [0.717, 1.165) is 5.92 Å². The lowest BCUT2D eigenvalue weighted by atomic mass is 9.65. The highest BCUT2D eigenvalue weighted by Gasteiger charge is 2.35. The van der Waals surface area contributed by atoms with Crippen LogP contribution in [0, 0.1) is 11.3 Å². The number of nitrogens with two attached hydrogens (primary N) is 1. The van der Waals surface area contributed by atoms with Crippen molar-refractivity contribution in [2.75, 3.05) is 0 Å². The molecular weight excluding hydrogens is 230 g/mol. The van der Waals surface area contributed by atoms with Crippen molar-refractivity contribution < 1.29 is 0 Å². The van der Waals surface area contributed by atoms with Crippen LogP contribution in [0.25, 0.3) is 0 Å². The Bertz CT molecular complexity index is 369. The molecule has 1 saturated carbocycles. The van der Waals surface area contributed by atoms with E-state index in [1.807, 2.05) is 0 Å². The molecule has 2 rings (SSSR count). The molecule has 0 radical (unpaired) electrons. The molecule has 1 aromatic carbocycles. The van der Waals surface area contributed by atoms with Gasteiger partial charge < -0.3 is 5.73 Å². The average molecular weight is 259 g/mol. The van der Waals surface area contributed by atoms with Crippen LogP contribution < -0.4 is 5.73 Å². The summed E-state index contributed by atoms with van der Waals surface area (Å²) in [6.07, 6.45) is 9.01. The summed E-state index contributed by atoms with van der Waals surface area (Å²) in [6, 6.07) is 11.2. The van der Waals surface area contributed by atoms with E-state index in [0.29, 0.717) is 11.5 Å². The molecule has 2 unspecified atom stereocenters. The molecule has 19 heavy (non-hydrogen) atoms. The van der Waals surface area contributed by atoms with Gasteiger partial charge in [0.1, 0.15) is 0 Å². The Morgan fingerprint density at radius 3 is 2.63 bits per heavy atom. The highest BCUT2D eigenvalue weighted by Crippen LogP contribution is 2.42. The van der Waals surface area contributed by atoms with Gasteiger partial charge in [-0.25, -0.2) is 0 Å². The largest absolute Gasteiger partial charge is 0.327 e. The van der Waals surface area contributed by atoms with Crippen LogP contribution in [0.2, 0.25) is 0 Å². The third kappa shape index (κ3) is 4.07. The molecule has 0 bridgehead atoms. The third-order valence-electron chi connectivity index (χ3n) is 4.95. The van der Waals surface area contributed by atoms with Gasteiger partial charge in [0.15, 0.2) is 0 Å². The van der Waals surface area contributed by atoms with E-state index in [1.54, 1.807) is 0 Å². The highest BCUT2D eigenvalue weighted by atomic mass is 14.7. The lowest BCUT2D eigenvalue weighted by molar-refractivity contribution is 0.109. The SMILES string of the molecule is CC1(C)CCCCC1C(N)CCCc1ccccc1. The van der Waals surface area contributed by atoms with Crippen LogP contribution in [0.3, 0.4) is 0 Å². The van der Waals surface area contributed by atoms with Crippen molar-refractivity contribution in [3.05, 3.63) is 35.9 Å². The standard InChI is InChI=1S/C18H29N/c1-18(2)14-7-6-12-16(18)17(19)13-8-11-15-9-4-3-5-10-15/h3-5,9-10,16-17H,6-8,11-14,19H2,1-2H3. The lowest BCUT2D eigenvalue weighted by Crippen LogP contribution is -2.41. The Morgan fingerprint density at radius 1 is 1.21 bits per heavy atom. The fourth-order valence-corrected chi connectivity index (χ4v) is 3.70. The zero-order valence-corrected chi connectivity index (χ0v) is 12.6. The minimum absolute atomic E-state index is 0.388. The van der Waals surface area contributed by atoms with Crippen LogP contribution in [0.5, 0.6) is 0 Å². The molecule has 0 heterocycles. The highest BCUT2D eigenvalue weighted by molar-refractivity contribution is 5.14. The molecule has 0 spiro atoms. The monoisotopic (exact) mass is 259 g/mol. The van der Waals surface area contributed by atoms with Gasteiger partial charge in [-0.3, -0.25) is 0 Å². The lowest BCUT2D eigenvalue weighted by Gasteiger charge is -2.42. The van der Waals surface area contributed by atoms with Gasteiger partial charge in [0, 0.05) is 6.04 Å². The zero-order chi connectivity index (χ0) is 13.7. The quantitative estimate of drug-likeness (QED) is 0.824. The van der Waals surface area contributed by atoms with E-state index in [-0.39, 0.29) is 0 Å². The fourth-order valence-electron chi connectivity index (χ4n) is 3.70. The number of aryl methyl sites for hydroxylation is 1. The van der Waals surface area contributed by atoms with E-state index >= 15 is 0 Å². The van der Waals surface area contributed by atoms with Crippen LogP contribution in [0.4, 0.5) is 0 Å². The van der Waals surface area contributed by atoms with Crippen molar-refractivity contribution in [3.63, 3.8) is 0 Å². The van der Waals surface area contributed by atoms with Crippen molar-refractivity contribution in [2.24, 2.45) is 17.1 Å². The van der Waals surface area contributed by atoms with Crippen molar-refractivity contribution in [3.8, 4) is 0 Å². The van der Waals surface area contributed by atoms with Gasteiger partial charge in [0.05, 0.1) is 0 Å². The van der Waals surface area contributed by atoms with Crippen LogP contribution in [-0.4, -0.2) is 6.04 Å². The van der Waals surface area contributed by atoms with Gasteiger partial charge in [-0.1, -0.05) is 57.0 Å². The minimum atomic E-state index is 0.388. The van der Waals surface area contributed by atoms with Crippen LogP contribution in [0.15, 0.2) is 30.3 Å². The smallest absolute Gasteiger partial charge is 0.00723 e. The summed E-state index contributed by atoms with van der Waals surface area (Å²) >= 11 is 0. The Kier molecular flexibility index (Phi) is 5.04. The molecule has 1 aliphatic rings. The third-order valence-corrected chi connectivity index (χ3v) is 4.95. The summed E-state index contributed by atoms with van der Waals surface area (Å²) < 4.78 is 0. The second kappa shape index (κ2) is 6.56. The summed E-state index contributed by atoms with van der Waals surface area (Å²) in [4.78, 5) is 0. The van der Waals surface area contributed by atoms with Gasteiger partial charge >= 0.3 is 0 Å². The van der Waals surface area contributed by atoms with E-state index in [4.69, 9.17) is 5.73 Å². The Balaban J connectivity index is 1.79. The van der Waals surface area contributed by atoms with E-state index in [2.05, 4.69) is 44.2 Å². The molecule has 1 heteroatoms. The second-order valence-electron chi connectivity index (χ2n) is 6.88. The van der Waals surface area contributed by atoms with Crippen molar-refractivity contribution in [1.82, 2.24) is 0 Å². The zero-order valence-electron chi connectivity index (χ0n) is 12.6. The Hall–Kier alpha value is -0.820. The van der Waals surface area contributed by atoms with Gasteiger partial charge in [-0.05, 0) is 49.0 Å². The van der Waals surface area contributed by atoms with Gasteiger partial charge in [0.25, 0.3) is 0 Å². The van der Waals surface area contributed by atoms with Gasteiger partial charge in [-0.2, -0.15) is 0 Å². The molecule has 106 valence electrons. The first-order chi connectivity index (χ1) is 9.09. The maximum atomic E-state index is 6.49. The van der Waals surface area contributed by atoms with Crippen LogP contribution in [-0.2, 0) is 6.42 Å². The van der Waals surface area contributed by atoms with Crippen molar-refractivity contribution in [1.29, 1.82) is 0 Å². The van der Waals surface area contributed by atoms with Crippen LogP contribution in [0.1, 0.15) is 57.9 Å². The number of benzene rings is 1. The molecule has 0 aromatic heterocycles. The Morgan fingerprint density at radius 2 is 1.95 bits per heavy atom. The van der Waals surface area contributed by atoms with Gasteiger partial charge in [0.2, 0.25) is 0 Å². The average Bonchev–Trinajstić information content (AvgIpc) is 2.39. The molecule has 1 aromatic rings. The molecular formula is C18H29N. The molecule has 1 fully saturated rings. The van der Waals surface area contributed by atoms with E-state index < -0.39 is 0 Å². The molecule has 1 nitrogen and oxygen atoms in total. The minimum Gasteiger partial charge on any atom is -0.327 e. The molecule has 0 aliphatic heterocycles. The van der Waals surface area contributed by atoms with Crippen LogP contribution >= 0.6 is 0 Å². The van der Waals surface area contributed by atoms with Crippen molar-refractivity contribution >= 4 is 0 Å². The predicted molar refractivity (Wildman–Crippen MR) is 83.1 cm³/mol. The fraction of sp³-hybridized carbons (Fsp3) is 0.667. The first-order valence-electron chi connectivity index (χ1n) is 7.89. The Labute approximate surface area is 118 Å². The predicted octanol–water partition coefficient (Wildman–Crippen LogP) is 4.55. The maximum Gasteiger partial charge on any atom is 0.00723 e. The number of hydrogen-bond acceptors (Lipinski definition) is 1. The molecule has 0 saturated heterocycles. The summed E-state index contributed by atoms with van der Waals surface area (Å²) in [7, 11) is 0. The molecule has 2 atom stereocenters. The number of hydrogen-bond donors (Lipinski definition) is 1. The number of rotatable bonds is 5. The molecule has 2 N–H and O–H groups in total. The summed E-state index contributed by atoms with van der Waals surface area (Å²) in [5.74, 6) is 0.719. The topological polar surface area (TPSA) is 26.0 Å².